The van der Waals surface area contributed by atoms with E-state index in [1.165, 1.54) is 13.2 Å². The van der Waals surface area contributed by atoms with Crippen LogP contribution in [0, 0.1) is 6.92 Å². The average Bonchev–Trinajstić information content (AvgIpc) is 2.46. The van der Waals surface area contributed by atoms with Gasteiger partial charge in [0.1, 0.15) is 18.1 Å². The molecule has 0 aliphatic heterocycles. The predicted octanol–water partition coefficient (Wildman–Crippen LogP) is 0.657. The Bertz CT molecular complexity index is 589. The molecule has 0 spiro atoms. The summed E-state index contributed by atoms with van der Waals surface area (Å²) in [4.78, 5) is 4.23. The summed E-state index contributed by atoms with van der Waals surface area (Å²) < 4.78 is 10.7. The van der Waals surface area contributed by atoms with Crippen molar-refractivity contribution in [3.05, 3.63) is 47.8 Å². The number of pyridine rings is 1. The van der Waals surface area contributed by atoms with E-state index >= 15 is 0 Å². The van der Waals surface area contributed by atoms with Gasteiger partial charge in [-0.3, -0.25) is 4.98 Å². The van der Waals surface area contributed by atoms with Gasteiger partial charge in [-0.05, 0) is 36.8 Å². The first-order valence-corrected chi connectivity index (χ1v) is 6.19. The van der Waals surface area contributed by atoms with E-state index in [0.29, 0.717) is 11.5 Å². The maximum atomic E-state index is 9.38. The Morgan fingerprint density at radius 3 is 2.70 bits per heavy atom. The van der Waals surface area contributed by atoms with Gasteiger partial charge in [0.15, 0.2) is 0 Å². The van der Waals surface area contributed by atoms with Crippen LogP contribution in [0.3, 0.4) is 0 Å². The van der Waals surface area contributed by atoms with Crippen LogP contribution in [0.5, 0.6) is 11.5 Å². The first-order valence-electron chi connectivity index (χ1n) is 6.19. The van der Waals surface area contributed by atoms with E-state index in [9.17, 15) is 10.0 Å². The van der Waals surface area contributed by atoms with E-state index < -0.39 is 7.12 Å². The van der Waals surface area contributed by atoms with Crippen molar-refractivity contribution in [1.29, 1.82) is 0 Å². The van der Waals surface area contributed by atoms with Crippen LogP contribution in [0.25, 0.3) is 0 Å². The van der Waals surface area contributed by atoms with Crippen LogP contribution in [-0.4, -0.2) is 29.3 Å². The number of benzene rings is 1. The molecule has 1 heterocycles. The molecule has 2 aromatic rings. The van der Waals surface area contributed by atoms with Crippen molar-refractivity contribution in [2.75, 3.05) is 7.11 Å². The van der Waals surface area contributed by atoms with Crippen molar-refractivity contribution in [2.24, 2.45) is 0 Å². The summed E-state index contributed by atoms with van der Waals surface area (Å²) in [5.41, 5.74) is 2.09. The van der Waals surface area contributed by atoms with Gasteiger partial charge in [-0.2, -0.15) is 0 Å². The monoisotopic (exact) mass is 273 g/mol. The molecule has 0 saturated carbocycles. The minimum atomic E-state index is -1.62. The minimum Gasteiger partial charge on any atom is -0.497 e. The molecule has 0 bridgehead atoms. The van der Waals surface area contributed by atoms with Crippen LogP contribution >= 0.6 is 0 Å². The fraction of sp³-hybridized carbons (Fsp3) is 0.214. The van der Waals surface area contributed by atoms with Gasteiger partial charge in [-0.1, -0.05) is 6.07 Å². The van der Waals surface area contributed by atoms with Gasteiger partial charge in [0, 0.05) is 11.7 Å². The molecule has 0 saturated heterocycles. The van der Waals surface area contributed by atoms with Gasteiger partial charge in [-0.15, -0.1) is 0 Å². The maximum Gasteiger partial charge on any atom is 0.492 e. The highest BCUT2D eigenvalue weighted by molar-refractivity contribution is 6.59. The number of aryl methyl sites for hydroxylation is 1. The zero-order valence-electron chi connectivity index (χ0n) is 11.4. The van der Waals surface area contributed by atoms with E-state index in [-0.39, 0.29) is 12.1 Å². The highest BCUT2D eigenvalue weighted by atomic mass is 16.5. The summed E-state index contributed by atoms with van der Waals surface area (Å²) in [6.45, 7) is 2.21. The smallest absolute Gasteiger partial charge is 0.492 e. The first kappa shape index (κ1) is 14.4. The SMILES string of the molecule is COc1ccc(OCc2ncccc2C)c(B(O)O)c1. The Morgan fingerprint density at radius 2 is 2.05 bits per heavy atom. The summed E-state index contributed by atoms with van der Waals surface area (Å²) in [5.74, 6) is 0.931. The van der Waals surface area contributed by atoms with E-state index in [1.54, 1.807) is 18.3 Å². The fourth-order valence-electron chi connectivity index (χ4n) is 1.80. The van der Waals surface area contributed by atoms with Gasteiger partial charge < -0.3 is 19.5 Å². The quantitative estimate of drug-likeness (QED) is 0.783. The number of ether oxygens (including phenoxy) is 2. The molecule has 0 fully saturated rings. The molecule has 6 heteroatoms. The second kappa shape index (κ2) is 6.41. The van der Waals surface area contributed by atoms with E-state index in [2.05, 4.69) is 4.98 Å². The van der Waals surface area contributed by atoms with Crippen molar-refractivity contribution < 1.29 is 19.5 Å². The van der Waals surface area contributed by atoms with E-state index in [4.69, 9.17) is 9.47 Å². The molecule has 1 aromatic carbocycles. The number of methoxy groups -OCH3 is 1. The summed E-state index contributed by atoms with van der Waals surface area (Å²) in [5, 5.41) is 18.8. The molecule has 0 aliphatic carbocycles. The van der Waals surface area contributed by atoms with Crippen molar-refractivity contribution in [3.63, 3.8) is 0 Å². The lowest BCUT2D eigenvalue weighted by Crippen LogP contribution is -2.31. The standard InChI is InChI=1S/C14H16BNO4/c1-10-4-3-7-16-13(10)9-20-14-6-5-11(19-2)8-12(14)15(17)18/h3-8,17-18H,9H2,1-2H3. The fourth-order valence-corrected chi connectivity index (χ4v) is 1.80. The number of aromatic nitrogens is 1. The van der Waals surface area contributed by atoms with E-state index in [1.807, 2.05) is 19.1 Å². The van der Waals surface area contributed by atoms with Crippen LogP contribution in [0.2, 0.25) is 0 Å². The molecule has 0 unspecified atom stereocenters. The molecule has 5 nitrogen and oxygen atoms in total. The number of hydrogen-bond acceptors (Lipinski definition) is 5. The van der Waals surface area contributed by atoms with Gasteiger partial charge in [0.2, 0.25) is 0 Å². The van der Waals surface area contributed by atoms with Crippen molar-refractivity contribution >= 4 is 12.6 Å². The average molecular weight is 273 g/mol. The van der Waals surface area contributed by atoms with E-state index in [0.717, 1.165) is 11.3 Å². The third-order valence-electron chi connectivity index (χ3n) is 2.98. The van der Waals surface area contributed by atoms with Crippen LogP contribution in [0.1, 0.15) is 11.3 Å². The maximum absolute atomic E-state index is 9.38. The molecule has 0 radical (unpaired) electrons. The third kappa shape index (κ3) is 3.29. The number of nitrogens with zero attached hydrogens (tertiary/aromatic N) is 1. The Kier molecular flexibility index (Phi) is 4.60. The zero-order valence-corrected chi connectivity index (χ0v) is 11.4. The highest BCUT2D eigenvalue weighted by Gasteiger charge is 2.18. The Balaban J connectivity index is 2.19. The molecule has 2 rings (SSSR count). The lowest BCUT2D eigenvalue weighted by Gasteiger charge is -2.13. The van der Waals surface area contributed by atoms with Crippen LogP contribution < -0.4 is 14.9 Å². The van der Waals surface area contributed by atoms with Crippen LogP contribution in [-0.2, 0) is 6.61 Å². The van der Waals surface area contributed by atoms with Gasteiger partial charge >= 0.3 is 7.12 Å². The molecule has 20 heavy (non-hydrogen) atoms. The first-order chi connectivity index (χ1) is 9.61. The Labute approximate surface area is 118 Å². The van der Waals surface area contributed by atoms with Crippen LogP contribution in [0.15, 0.2) is 36.5 Å². The second-order valence-electron chi connectivity index (χ2n) is 4.33. The lowest BCUT2D eigenvalue weighted by molar-refractivity contribution is 0.300. The minimum absolute atomic E-state index is 0.262. The van der Waals surface area contributed by atoms with Gasteiger partial charge in [0.05, 0.1) is 12.8 Å². The van der Waals surface area contributed by atoms with Gasteiger partial charge in [0.25, 0.3) is 0 Å². The number of rotatable bonds is 5. The summed E-state index contributed by atoms with van der Waals surface area (Å²) in [6.07, 6.45) is 1.70. The van der Waals surface area contributed by atoms with Crippen molar-refractivity contribution in [2.45, 2.75) is 13.5 Å². The third-order valence-corrected chi connectivity index (χ3v) is 2.98. The summed E-state index contributed by atoms with van der Waals surface area (Å²) in [6, 6.07) is 8.68. The topological polar surface area (TPSA) is 71.8 Å². The Hall–Kier alpha value is -2.05. The molecular weight excluding hydrogens is 257 g/mol. The molecule has 0 atom stereocenters. The molecule has 0 aliphatic rings. The predicted molar refractivity (Wildman–Crippen MR) is 76.1 cm³/mol. The molecular formula is C14H16BNO4. The lowest BCUT2D eigenvalue weighted by atomic mass is 9.79. The van der Waals surface area contributed by atoms with Crippen LogP contribution in [0.4, 0.5) is 0 Å². The van der Waals surface area contributed by atoms with Crippen molar-refractivity contribution in [3.8, 4) is 11.5 Å². The Morgan fingerprint density at radius 1 is 1.25 bits per heavy atom. The number of hydrogen-bond donors (Lipinski definition) is 2. The summed E-state index contributed by atoms with van der Waals surface area (Å²) in [7, 11) is -0.106. The summed E-state index contributed by atoms with van der Waals surface area (Å²) >= 11 is 0. The van der Waals surface area contributed by atoms with Gasteiger partial charge in [-0.25, -0.2) is 0 Å². The largest absolute Gasteiger partial charge is 0.497 e. The van der Waals surface area contributed by atoms with Crippen molar-refractivity contribution in [1.82, 2.24) is 4.98 Å². The molecule has 0 amide bonds. The second-order valence-corrected chi connectivity index (χ2v) is 4.33. The molecule has 104 valence electrons. The molecule has 2 N–H and O–H groups in total. The zero-order chi connectivity index (χ0) is 14.5. The highest BCUT2D eigenvalue weighted by Crippen LogP contribution is 2.17. The molecule has 1 aromatic heterocycles. The normalized spacial score (nSPS) is 10.2.